The summed E-state index contributed by atoms with van der Waals surface area (Å²) in [6, 6.07) is 8.45. The summed E-state index contributed by atoms with van der Waals surface area (Å²) in [6.45, 7) is 1.83. The number of rotatable bonds is 7. The Hall–Kier alpha value is -1.82. The van der Waals surface area contributed by atoms with E-state index >= 15 is 0 Å². The van der Waals surface area contributed by atoms with Gasteiger partial charge in [0.05, 0.1) is 10.7 Å². The van der Waals surface area contributed by atoms with Gasteiger partial charge in [-0.1, -0.05) is 23.2 Å². The minimum Gasteiger partial charge on any atom is -0.385 e. The van der Waals surface area contributed by atoms with E-state index in [1.165, 1.54) is 0 Å². The zero-order valence-corrected chi connectivity index (χ0v) is 15.2. The lowest BCUT2D eigenvalue weighted by atomic mass is 10.2. The van der Waals surface area contributed by atoms with E-state index in [-0.39, 0.29) is 5.91 Å². The molecule has 5 nitrogen and oxygen atoms in total. The van der Waals surface area contributed by atoms with Crippen LogP contribution in [0.15, 0.2) is 36.5 Å². The molecule has 0 atom stereocenters. The van der Waals surface area contributed by atoms with E-state index in [2.05, 4.69) is 20.5 Å². The predicted molar refractivity (Wildman–Crippen MR) is 100 cm³/mol. The highest BCUT2D eigenvalue weighted by Gasteiger charge is 2.11. The van der Waals surface area contributed by atoms with Crippen LogP contribution < -0.4 is 10.6 Å². The number of amides is 1. The van der Waals surface area contributed by atoms with Gasteiger partial charge in [-0.05, 0) is 57.4 Å². The molecule has 0 bridgehead atoms. The third kappa shape index (κ3) is 5.67. The van der Waals surface area contributed by atoms with Crippen molar-refractivity contribution < 1.29 is 4.79 Å². The molecule has 0 saturated heterocycles. The maximum Gasteiger partial charge on any atom is 0.274 e. The van der Waals surface area contributed by atoms with E-state index in [1.54, 1.807) is 30.5 Å². The number of nitrogens with one attached hydrogen (secondary N) is 2. The lowest BCUT2D eigenvalue weighted by molar-refractivity contribution is 0.102. The van der Waals surface area contributed by atoms with Crippen LogP contribution in [0.4, 0.5) is 11.4 Å². The summed E-state index contributed by atoms with van der Waals surface area (Å²) >= 11 is 11.9. The van der Waals surface area contributed by atoms with Gasteiger partial charge < -0.3 is 15.5 Å². The number of carbonyl (C=O) groups is 1. The molecule has 0 saturated carbocycles. The summed E-state index contributed by atoms with van der Waals surface area (Å²) in [5.41, 5.74) is 1.67. The molecule has 0 radical (unpaired) electrons. The first-order valence-corrected chi connectivity index (χ1v) is 8.32. The molecule has 0 aliphatic rings. The van der Waals surface area contributed by atoms with Gasteiger partial charge in [0.2, 0.25) is 0 Å². The summed E-state index contributed by atoms with van der Waals surface area (Å²) in [7, 11) is 4.08. The fourth-order valence-corrected chi connectivity index (χ4v) is 2.53. The predicted octanol–water partition coefficient (Wildman–Crippen LogP) is 4.00. The summed E-state index contributed by atoms with van der Waals surface area (Å²) in [4.78, 5) is 18.6. The Morgan fingerprint density at radius 3 is 2.71 bits per heavy atom. The van der Waals surface area contributed by atoms with Gasteiger partial charge in [0.25, 0.3) is 5.91 Å². The summed E-state index contributed by atoms with van der Waals surface area (Å²) in [6.07, 6.45) is 2.61. The zero-order valence-electron chi connectivity index (χ0n) is 13.6. The Labute approximate surface area is 152 Å². The first-order valence-electron chi connectivity index (χ1n) is 7.57. The Morgan fingerprint density at radius 1 is 1.21 bits per heavy atom. The quantitative estimate of drug-likeness (QED) is 0.727. The van der Waals surface area contributed by atoms with Crippen LogP contribution in [0, 0.1) is 0 Å². The number of halogens is 2. The van der Waals surface area contributed by atoms with Gasteiger partial charge >= 0.3 is 0 Å². The normalized spacial score (nSPS) is 10.7. The number of aromatic nitrogens is 1. The monoisotopic (exact) mass is 366 g/mol. The van der Waals surface area contributed by atoms with E-state index in [9.17, 15) is 4.79 Å². The van der Waals surface area contributed by atoms with Crippen molar-refractivity contribution in [1.82, 2.24) is 9.88 Å². The fraction of sp³-hybridized carbons (Fsp3) is 0.294. The standard InChI is InChI=1S/C17H20Cl2N4O/c1-23(2)9-3-7-20-13-6-8-21-16(11-13)17(24)22-15-5-4-12(18)10-14(15)19/h4-6,8,10-11H,3,7,9H2,1-2H3,(H,20,21)(H,22,24). The minimum atomic E-state index is -0.323. The van der Waals surface area contributed by atoms with Crippen LogP contribution in [-0.2, 0) is 0 Å². The highest BCUT2D eigenvalue weighted by Crippen LogP contribution is 2.25. The highest BCUT2D eigenvalue weighted by molar-refractivity contribution is 6.36. The molecule has 0 aliphatic carbocycles. The van der Waals surface area contributed by atoms with Crippen molar-refractivity contribution in [2.75, 3.05) is 37.8 Å². The van der Waals surface area contributed by atoms with Crippen LogP contribution in [0.3, 0.4) is 0 Å². The van der Waals surface area contributed by atoms with Gasteiger partial charge in [-0.25, -0.2) is 0 Å². The second-order valence-electron chi connectivity index (χ2n) is 5.59. The zero-order chi connectivity index (χ0) is 17.5. The molecular formula is C17H20Cl2N4O. The van der Waals surface area contributed by atoms with Crippen molar-refractivity contribution in [3.63, 3.8) is 0 Å². The van der Waals surface area contributed by atoms with E-state index in [4.69, 9.17) is 23.2 Å². The van der Waals surface area contributed by atoms with Gasteiger partial charge in [0, 0.05) is 23.5 Å². The van der Waals surface area contributed by atoms with Gasteiger partial charge in [-0.3, -0.25) is 9.78 Å². The van der Waals surface area contributed by atoms with Gasteiger partial charge in [0.15, 0.2) is 0 Å². The first-order chi connectivity index (χ1) is 11.5. The van der Waals surface area contributed by atoms with Crippen molar-refractivity contribution in [3.05, 3.63) is 52.3 Å². The molecule has 2 aromatic rings. The number of hydrogen-bond acceptors (Lipinski definition) is 4. The summed E-state index contributed by atoms with van der Waals surface area (Å²) < 4.78 is 0. The summed E-state index contributed by atoms with van der Waals surface area (Å²) in [5.74, 6) is -0.323. The first kappa shape index (κ1) is 18.5. The van der Waals surface area contributed by atoms with E-state index in [0.29, 0.717) is 21.4 Å². The van der Waals surface area contributed by atoms with Crippen LogP contribution in [0.5, 0.6) is 0 Å². The molecule has 0 aliphatic heterocycles. The Morgan fingerprint density at radius 2 is 2.00 bits per heavy atom. The average molecular weight is 367 g/mol. The van der Waals surface area contributed by atoms with Crippen molar-refractivity contribution in [2.45, 2.75) is 6.42 Å². The van der Waals surface area contributed by atoms with Crippen molar-refractivity contribution >= 4 is 40.5 Å². The molecule has 1 amide bonds. The van der Waals surface area contributed by atoms with Crippen molar-refractivity contribution in [2.24, 2.45) is 0 Å². The number of anilines is 2. The Bertz CT molecular complexity index is 707. The molecule has 0 spiro atoms. The second-order valence-corrected chi connectivity index (χ2v) is 6.44. The van der Waals surface area contributed by atoms with Gasteiger partial charge in [-0.15, -0.1) is 0 Å². The molecular weight excluding hydrogens is 347 g/mol. The topological polar surface area (TPSA) is 57.3 Å². The maximum absolute atomic E-state index is 12.3. The lowest BCUT2D eigenvalue weighted by Gasteiger charge is -2.11. The Balaban J connectivity index is 1.98. The van der Waals surface area contributed by atoms with Crippen LogP contribution in [-0.4, -0.2) is 43.0 Å². The molecule has 0 fully saturated rings. The van der Waals surface area contributed by atoms with Crippen molar-refractivity contribution in [1.29, 1.82) is 0 Å². The van der Waals surface area contributed by atoms with Crippen molar-refractivity contribution in [3.8, 4) is 0 Å². The molecule has 24 heavy (non-hydrogen) atoms. The van der Waals surface area contributed by atoms with Crippen LogP contribution >= 0.6 is 23.2 Å². The average Bonchev–Trinajstić information content (AvgIpc) is 2.54. The molecule has 2 N–H and O–H groups in total. The molecule has 1 aromatic carbocycles. The van der Waals surface area contributed by atoms with E-state index in [1.807, 2.05) is 20.2 Å². The van der Waals surface area contributed by atoms with E-state index in [0.717, 1.165) is 25.2 Å². The molecule has 128 valence electrons. The van der Waals surface area contributed by atoms with Crippen LogP contribution in [0.25, 0.3) is 0 Å². The molecule has 1 heterocycles. The lowest BCUT2D eigenvalue weighted by Crippen LogP contribution is -2.17. The second kappa shape index (κ2) is 8.87. The van der Waals surface area contributed by atoms with E-state index < -0.39 is 0 Å². The molecule has 1 aromatic heterocycles. The molecule has 0 unspecified atom stereocenters. The number of carbonyl (C=O) groups excluding carboxylic acids is 1. The summed E-state index contributed by atoms with van der Waals surface area (Å²) in [5, 5.41) is 6.92. The van der Waals surface area contributed by atoms with Crippen LogP contribution in [0.1, 0.15) is 16.9 Å². The third-order valence-corrected chi connectivity index (χ3v) is 3.83. The largest absolute Gasteiger partial charge is 0.385 e. The number of pyridine rings is 1. The maximum atomic E-state index is 12.3. The SMILES string of the molecule is CN(C)CCCNc1ccnc(C(=O)Nc2ccc(Cl)cc2Cl)c1. The number of benzene rings is 1. The molecule has 2 rings (SSSR count). The number of nitrogens with zero attached hydrogens (tertiary/aromatic N) is 2. The fourth-order valence-electron chi connectivity index (χ4n) is 2.07. The smallest absolute Gasteiger partial charge is 0.274 e. The minimum absolute atomic E-state index is 0.318. The molecule has 7 heteroatoms. The third-order valence-electron chi connectivity index (χ3n) is 3.28. The number of hydrogen-bond donors (Lipinski definition) is 2. The highest BCUT2D eigenvalue weighted by atomic mass is 35.5. The van der Waals surface area contributed by atoms with Gasteiger partial charge in [-0.2, -0.15) is 0 Å². The van der Waals surface area contributed by atoms with Gasteiger partial charge in [0.1, 0.15) is 5.69 Å². The van der Waals surface area contributed by atoms with Crippen LogP contribution in [0.2, 0.25) is 10.0 Å². The Kier molecular flexibility index (Phi) is 6.85.